The van der Waals surface area contributed by atoms with Crippen molar-refractivity contribution in [2.75, 3.05) is 19.6 Å². The van der Waals surface area contributed by atoms with E-state index in [9.17, 15) is 15.0 Å². The molecule has 1 saturated heterocycles. The summed E-state index contributed by atoms with van der Waals surface area (Å²) in [5.74, 6) is 0.864. The van der Waals surface area contributed by atoms with Crippen LogP contribution >= 0.6 is 0 Å². The fourth-order valence-corrected chi connectivity index (χ4v) is 2.54. The fourth-order valence-electron chi connectivity index (χ4n) is 2.54. The Balaban J connectivity index is 1.96. The van der Waals surface area contributed by atoms with Gasteiger partial charge in [0.2, 0.25) is 0 Å². The second-order valence-corrected chi connectivity index (χ2v) is 5.65. The van der Waals surface area contributed by atoms with E-state index in [0.29, 0.717) is 23.9 Å². The van der Waals surface area contributed by atoms with E-state index < -0.39 is 0 Å². The summed E-state index contributed by atoms with van der Waals surface area (Å²) in [6.07, 6.45) is 1.14. The Bertz CT molecular complexity index is 470. The summed E-state index contributed by atoms with van der Waals surface area (Å²) in [4.78, 5) is 14.3. The van der Waals surface area contributed by atoms with Crippen molar-refractivity contribution in [2.45, 2.75) is 20.3 Å². The van der Waals surface area contributed by atoms with Gasteiger partial charge in [-0.15, -0.1) is 0 Å². The number of carbonyl (C=O) groups is 1. The van der Waals surface area contributed by atoms with Crippen LogP contribution in [-0.4, -0.2) is 40.5 Å². The molecule has 1 atom stereocenters. The number of aromatic hydroxyl groups is 2. The Kier molecular flexibility index (Phi) is 4.10. The van der Waals surface area contributed by atoms with Crippen LogP contribution in [0.4, 0.5) is 0 Å². The smallest absolute Gasteiger partial charge is 0.176 e. The minimum Gasteiger partial charge on any atom is -0.504 e. The van der Waals surface area contributed by atoms with E-state index in [4.69, 9.17) is 0 Å². The summed E-state index contributed by atoms with van der Waals surface area (Å²) in [6, 6.07) is 4.23. The lowest BCUT2D eigenvalue weighted by molar-refractivity contribution is 0.0941. The lowest BCUT2D eigenvalue weighted by Crippen LogP contribution is -2.28. The molecule has 2 N–H and O–H groups in total. The molecule has 0 amide bonds. The van der Waals surface area contributed by atoms with Crippen molar-refractivity contribution < 1.29 is 15.0 Å². The molecule has 1 heterocycles. The van der Waals surface area contributed by atoms with Crippen LogP contribution in [0, 0.1) is 11.8 Å². The first kappa shape index (κ1) is 13.9. The van der Waals surface area contributed by atoms with Crippen molar-refractivity contribution in [3.8, 4) is 11.5 Å². The van der Waals surface area contributed by atoms with Crippen LogP contribution in [0.5, 0.6) is 11.5 Å². The molecule has 0 radical (unpaired) electrons. The number of phenols is 2. The number of nitrogens with zero attached hydrogens (tertiary/aromatic N) is 1. The molecular formula is C15H21NO3. The summed E-state index contributed by atoms with van der Waals surface area (Å²) in [6.45, 7) is 6.74. The topological polar surface area (TPSA) is 60.8 Å². The normalized spacial score (nSPS) is 20.1. The first-order valence-electron chi connectivity index (χ1n) is 6.75. The minimum atomic E-state index is -0.243. The molecule has 0 saturated carbocycles. The number of carbonyl (C=O) groups excluding carboxylic acids is 1. The summed E-state index contributed by atoms with van der Waals surface area (Å²) >= 11 is 0. The second kappa shape index (κ2) is 5.61. The van der Waals surface area contributed by atoms with Crippen molar-refractivity contribution in [1.82, 2.24) is 4.90 Å². The summed E-state index contributed by atoms with van der Waals surface area (Å²) in [5, 5.41) is 18.6. The van der Waals surface area contributed by atoms with Crippen molar-refractivity contribution in [2.24, 2.45) is 11.8 Å². The van der Waals surface area contributed by atoms with Crippen molar-refractivity contribution >= 4 is 5.78 Å². The van der Waals surface area contributed by atoms with Crippen LogP contribution in [0.2, 0.25) is 0 Å². The SMILES string of the molecule is CC(C)C1CCN(CC(=O)c2ccc(O)c(O)c2)C1. The molecule has 1 aliphatic rings. The third-order valence-corrected chi connectivity index (χ3v) is 3.92. The number of ketones is 1. The van der Waals surface area contributed by atoms with Gasteiger partial charge < -0.3 is 10.2 Å². The van der Waals surface area contributed by atoms with E-state index in [2.05, 4.69) is 18.7 Å². The van der Waals surface area contributed by atoms with Gasteiger partial charge in [0, 0.05) is 12.1 Å². The van der Waals surface area contributed by atoms with Gasteiger partial charge in [0.1, 0.15) is 0 Å². The van der Waals surface area contributed by atoms with Gasteiger partial charge in [-0.2, -0.15) is 0 Å². The Morgan fingerprint density at radius 3 is 2.68 bits per heavy atom. The van der Waals surface area contributed by atoms with Gasteiger partial charge in [-0.05, 0) is 43.0 Å². The van der Waals surface area contributed by atoms with Gasteiger partial charge in [0.05, 0.1) is 6.54 Å². The Morgan fingerprint density at radius 1 is 1.37 bits per heavy atom. The highest BCUT2D eigenvalue weighted by atomic mass is 16.3. The number of Topliss-reactive ketones (excluding diaryl/α,β-unsaturated/α-hetero) is 1. The number of benzene rings is 1. The molecule has 19 heavy (non-hydrogen) atoms. The summed E-state index contributed by atoms with van der Waals surface area (Å²) in [7, 11) is 0. The fraction of sp³-hybridized carbons (Fsp3) is 0.533. The zero-order valence-electron chi connectivity index (χ0n) is 11.5. The number of rotatable bonds is 4. The van der Waals surface area contributed by atoms with Crippen LogP contribution in [0.1, 0.15) is 30.6 Å². The molecule has 1 fully saturated rings. The van der Waals surface area contributed by atoms with Crippen LogP contribution in [0.3, 0.4) is 0 Å². The highest BCUT2D eigenvalue weighted by Gasteiger charge is 2.26. The third-order valence-electron chi connectivity index (χ3n) is 3.92. The lowest BCUT2D eigenvalue weighted by Gasteiger charge is -2.17. The standard InChI is InChI=1S/C15H21NO3/c1-10(2)12-5-6-16(8-12)9-15(19)11-3-4-13(17)14(18)7-11/h3-4,7,10,12,17-18H,5-6,8-9H2,1-2H3. The van der Waals surface area contributed by atoms with E-state index in [1.807, 2.05) is 0 Å². The summed E-state index contributed by atoms with van der Waals surface area (Å²) in [5.41, 5.74) is 0.447. The van der Waals surface area contributed by atoms with E-state index in [1.165, 1.54) is 12.1 Å². The molecule has 2 rings (SSSR count). The summed E-state index contributed by atoms with van der Waals surface area (Å²) < 4.78 is 0. The molecule has 4 heteroatoms. The molecule has 0 aliphatic carbocycles. The third kappa shape index (κ3) is 3.26. The highest BCUT2D eigenvalue weighted by Crippen LogP contribution is 2.26. The molecule has 1 aromatic rings. The van der Waals surface area contributed by atoms with Gasteiger partial charge in [-0.1, -0.05) is 13.8 Å². The minimum absolute atomic E-state index is 0.0142. The zero-order valence-corrected chi connectivity index (χ0v) is 11.5. The molecule has 104 valence electrons. The molecule has 1 aliphatic heterocycles. The largest absolute Gasteiger partial charge is 0.504 e. The average molecular weight is 263 g/mol. The highest BCUT2D eigenvalue weighted by molar-refractivity contribution is 5.98. The number of hydrogen-bond donors (Lipinski definition) is 2. The predicted octanol–water partition coefficient (Wildman–Crippen LogP) is 2.26. The quantitative estimate of drug-likeness (QED) is 0.646. The second-order valence-electron chi connectivity index (χ2n) is 5.65. The molecule has 0 bridgehead atoms. The van der Waals surface area contributed by atoms with Gasteiger partial charge in [0.15, 0.2) is 17.3 Å². The maximum absolute atomic E-state index is 12.1. The van der Waals surface area contributed by atoms with Gasteiger partial charge >= 0.3 is 0 Å². The molecule has 0 aromatic heterocycles. The average Bonchev–Trinajstić information content (AvgIpc) is 2.81. The predicted molar refractivity (Wildman–Crippen MR) is 73.5 cm³/mol. The Labute approximate surface area is 113 Å². The first-order chi connectivity index (χ1) is 8.97. The number of phenolic OH excluding ortho intramolecular Hbond substituents is 2. The van der Waals surface area contributed by atoms with Crippen molar-refractivity contribution in [3.05, 3.63) is 23.8 Å². The maximum atomic E-state index is 12.1. The molecule has 4 nitrogen and oxygen atoms in total. The molecular weight excluding hydrogens is 242 g/mol. The van der Waals surface area contributed by atoms with Crippen molar-refractivity contribution in [1.29, 1.82) is 0 Å². The Hall–Kier alpha value is -1.55. The van der Waals surface area contributed by atoms with Crippen molar-refractivity contribution in [3.63, 3.8) is 0 Å². The van der Waals surface area contributed by atoms with Gasteiger partial charge in [-0.3, -0.25) is 9.69 Å². The van der Waals surface area contributed by atoms with Crippen LogP contribution < -0.4 is 0 Å². The maximum Gasteiger partial charge on any atom is 0.176 e. The molecule has 1 aromatic carbocycles. The number of likely N-dealkylation sites (tertiary alicyclic amines) is 1. The van der Waals surface area contributed by atoms with Crippen LogP contribution in [0.15, 0.2) is 18.2 Å². The monoisotopic (exact) mass is 263 g/mol. The lowest BCUT2D eigenvalue weighted by atomic mass is 9.95. The van der Waals surface area contributed by atoms with E-state index in [-0.39, 0.29) is 17.3 Å². The zero-order chi connectivity index (χ0) is 14.0. The van der Waals surface area contributed by atoms with E-state index >= 15 is 0 Å². The van der Waals surface area contributed by atoms with Crippen LogP contribution in [0.25, 0.3) is 0 Å². The number of hydrogen-bond acceptors (Lipinski definition) is 4. The van der Waals surface area contributed by atoms with E-state index in [0.717, 1.165) is 19.5 Å². The Morgan fingerprint density at radius 2 is 2.11 bits per heavy atom. The van der Waals surface area contributed by atoms with Gasteiger partial charge in [-0.25, -0.2) is 0 Å². The van der Waals surface area contributed by atoms with Gasteiger partial charge in [0.25, 0.3) is 0 Å². The van der Waals surface area contributed by atoms with E-state index in [1.54, 1.807) is 6.07 Å². The van der Waals surface area contributed by atoms with Crippen LogP contribution in [-0.2, 0) is 0 Å². The molecule has 1 unspecified atom stereocenters. The first-order valence-corrected chi connectivity index (χ1v) is 6.75. The molecule has 0 spiro atoms.